The highest BCUT2D eigenvalue weighted by Gasteiger charge is 2.39. The largest absolute Gasteiger partial charge is 0.381 e. The van der Waals surface area contributed by atoms with Crippen LogP contribution in [0.1, 0.15) is 52.9 Å². The number of ether oxygens (including phenoxy) is 1. The molecule has 2 fully saturated rings. The number of rotatable bonds is 5. The summed E-state index contributed by atoms with van der Waals surface area (Å²) in [5.74, 6) is -0.570. The van der Waals surface area contributed by atoms with Crippen LogP contribution in [0, 0.1) is 10.8 Å². The van der Waals surface area contributed by atoms with E-state index in [1.54, 1.807) is 0 Å². The number of nitrogens with one attached hydrogen (secondary N) is 2. The van der Waals surface area contributed by atoms with Crippen LogP contribution in [0.2, 0.25) is 0 Å². The minimum absolute atomic E-state index is 0.00694. The Hall–Kier alpha value is -1.27. The van der Waals surface area contributed by atoms with Crippen LogP contribution in [0.25, 0.3) is 0 Å². The van der Waals surface area contributed by atoms with Gasteiger partial charge in [0.05, 0.1) is 12.5 Å². The van der Waals surface area contributed by atoms with Gasteiger partial charge in [0.1, 0.15) is 0 Å². The lowest BCUT2D eigenvalue weighted by atomic mass is 9.88. The average Bonchev–Trinajstić information content (AvgIpc) is 2.35. The van der Waals surface area contributed by atoms with Gasteiger partial charge >= 0.3 is 0 Å². The van der Waals surface area contributed by atoms with Crippen molar-refractivity contribution in [3.8, 4) is 0 Å². The average molecular weight is 323 g/mol. The Kier molecular flexibility index (Phi) is 5.92. The van der Waals surface area contributed by atoms with E-state index in [2.05, 4.69) is 10.2 Å². The van der Waals surface area contributed by atoms with Gasteiger partial charge in [0.25, 0.3) is 0 Å². The van der Waals surface area contributed by atoms with Gasteiger partial charge in [-0.2, -0.15) is 0 Å². The molecule has 2 amide bonds. The quantitative estimate of drug-likeness (QED) is 0.755. The summed E-state index contributed by atoms with van der Waals surface area (Å²) in [6.07, 6.45) is 3.27. The second kappa shape index (κ2) is 7.53. The molecule has 1 unspecified atom stereocenters. The van der Waals surface area contributed by atoms with Crippen LogP contribution in [-0.4, -0.2) is 54.3 Å². The van der Waals surface area contributed by atoms with Crippen molar-refractivity contribution >= 4 is 17.5 Å². The fourth-order valence-corrected chi connectivity index (χ4v) is 3.30. The van der Waals surface area contributed by atoms with Crippen molar-refractivity contribution in [1.29, 1.82) is 5.41 Å². The first-order valence-electron chi connectivity index (χ1n) is 8.50. The molecule has 23 heavy (non-hydrogen) atoms. The Labute approximate surface area is 138 Å². The van der Waals surface area contributed by atoms with Crippen LogP contribution >= 0.6 is 0 Å². The first-order chi connectivity index (χ1) is 10.8. The molecule has 0 aromatic heterocycles. The summed E-state index contributed by atoms with van der Waals surface area (Å²) in [5, 5.41) is 10.4. The third-order valence-electron chi connectivity index (χ3n) is 4.40. The van der Waals surface area contributed by atoms with Gasteiger partial charge in [-0.3, -0.25) is 19.8 Å². The van der Waals surface area contributed by atoms with Gasteiger partial charge in [-0.1, -0.05) is 20.8 Å². The van der Waals surface area contributed by atoms with Gasteiger partial charge in [0, 0.05) is 31.5 Å². The van der Waals surface area contributed by atoms with Gasteiger partial charge in [0.15, 0.2) is 0 Å². The molecule has 0 radical (unpaired) electrons. The van der Waals surface area contributed by atoms with Crippen LogP contribution in [0.5, 0.6) is 0 Å². The summed E-state index contributed by atoms with van der Waals surface area (Å²) in [6, 6.07) is 0.196. The van der Waals surface area contributed by atoms with E-state index >= 15 is 0 Å². The Balaban J connectivity index is 1.77. The molecule has 130 valence electrons. The van der Waals surface area contributed by atoms with Crippen molar-refractivity contribution in [3.63, 3.8) is 0 Å². The summed E-state index contributed by atoms with van der Waals surface area (Å²) in [6.45, 7) is 8.51. The zero-order valence-corrected chi connectivity index (χ0v) is 14.5. The molecule has 2 aliphatic rings. The van der Waals surface area contributed by atoms with E-state index in [0.717, 1.165) is 39.0 Å². The minimum Gasteiger partial charge on any atom is -0.381 e. The lowest BCUT2D eigenvalue weighted by molar-refractivity contribution is -0.139. The molecular formula is C17H29N3O3. The van der Waals surface area contributed by atoms with Crippen molar-refractivity contribution in [1.82, 2.24) is 10.2 Å². The predicted octanol–water partition coefficient (Wildman–Crippen LogP) is 1.73. The van der Waals surface area contributed by atoms with Crippen molar-refractivity contribution in [3.05, 3.63) is 0 Å². The molecule has 2 heterocycles. The number of nitrogens with zero attached hydrogens (tertiary/aromatic N) is 1. The van der Waals surface area contributed by atoms with Crippen LogP contribution in [0.15, 0.2) is 0 Å². The zero-order valence-electron chi connectivity index (χ0n) is 14.5. The van der Waals surface area contributed by atoms with Gasteiger partial charge in [-0.05, 0) is 31.1 Å². The molecule has 0 aliphatic carbocycles. The summed E-state index contributed by atoms with van der Waals surface area (Å²) >= 11 is 0. The number of imide groups is 1. The smallest absolute Gasteiger partial charge is 0.243 e. The Morgan fingerprint density at radius 2 is 1.87 bits per heavy atom. The number of likely N-dealkylation sites (tertiary alicyclic amines) is 1. The van der Waals surface area contributed by atoms with Gasteiger partial charge in [-0.25, -0.2) is 0 Å². The zero-order chi connectivity index (χ0) is 17.0. The SMILES string of the molecule is CC(C)(C)CC(=N)CC(=O)NC(=O)C1CCN1C1CCOCC1. The van der Waals surface area contributed by atoms with E-state index in [1.165, 1.54) is 0 Å². The van der Waals surface area contributed by atoms with Crippen molar-refractivity contribution in [2.24, 2.45) is 5.41 Å². The molecule has 2 rings (SSSR count). The number of amides is 2. The first-order valence-corrected chi connectivity index (χ1v) is 8.50. The molecular weight excluding hydrogens is 294 g/mol. The predicted molar refractivity (Wildman–Crippen MR) is 88.5 cm³/mol. The maximum Gasteiger partial charge on any atom is 0.243 e. The van der Waals surface area contributed by atoms with Gasteiger partial charge < -0.3 is 10.1 Å². The molecule has 6 nitrogen and oxygen atoms in total. The summed E-state index contributed by atoms with van der Waals surface area (Å²) in [7, 11) is 0. The van der Waals surface area contributed by atoms with E-state index in [1.807, 2.05) is 20.8 Å². The van der Waals surface area contributed by atoms with Crippen molar-refractivity contribution in [2.45, 2.75) is 65.0 Å². The normalized spacial score (nSPS) is 23.2. The van der Waals surface area contributed by atoms with E-state index in [-0.39, 0.29) is 29.7 Å². The number of hydrogen-bond acceptors (Lipinski definition) is 5. The third kappa shape index (κ3) is 5.39. The molecule has 0 aromatic carbocycles. The van der Waals surface area contributed by atoms with E-state index in [0.29, 0.717) is 18.2 Å². The molecule has 1 atom stereocenters. The topological polar surface area (TPSA) is 82.5 Å². The summed E-state index contributed by atoms with van der Waals surface area (Å²) in [4.78, 5) is 26.4. The number of hydrogen-bond donors (Lipinski definition) is 2. The summed E-state index contributed by atoms with van der Waals surface area (Å²) < 4.78 is 5.36. The van der Waals surface area contributed by atoms with E-state index in [4.69, 9.17) is 10.1 Å². The lowest BCUT2D eigenvalue weighted by Crippen LogP contribution is -2.61. The van der Waals surface area contributed by atoms with Crippen LogP contribution in [0.4, 0.5) is 0 Å². The fraction of sp³-hybridized carbons (Fsp3) is 0.824. The highest BCUT2D eigenvalue weighted by atomic mass is 16.5. The lowest BCUT2D eigenvalue weighted by Gasteiger charge is -2.46. The first kappa shape index (κ1) is 18.1. The van der Waals surface area contributed by atoms with Crippen molar-refractivity contribution in [2.75, 3.05) is 19.8 Å². The number of carbonyl (C=O) groups is 2. The second-order valence-electron chi connectivity index (χ2n) is 7.82. The van der Waals surface area contributed by atoms with E-state index in [9.17, 15) is 9.59 Å². The van der Waals surface area contributed by atoms with Crippen LogP contribution in [-0.2, 0) is 14.3 Å². The Bertz CT molecular complexity index is 464. The van der Waals surface area contributed by atoms with Crippen LogP contribution < -0.4 is 5.32 Å². The third-order valence-corrected chi connectivity index (χ3v) is 4.40. The van der Waals surface area contributed by atoms with Crippen molar-refractivity contribution < 1.29 is 14.3 Å². The second-order valence-corrected chi connectivity index (χ2v) is 7.82. The molecule has 0 spiro atoms. The monoisotopic (exact) mass is 323 g/mol. The standard InChI is InChI=1S/C17H29N3O3/c1-17(2,3)11-12(18)10-15(21)19-16(22)14-4-7-20(14)13-5-8-23-9-6-13/h13-14,18H,4-11H2,1-3H3,(H,19,21,22). The van der Waals surface area contributed by atoms with Gasteiger partial charge in [0.2, 0.25) is 11.8 Å². The summed E-state index contributed by atoms with van der Waals surface area (Å²) in [5.41, 5.74) is 0.354. The van der Waals surface area contributed by atoms with Gasteiger partial charge in [-0.15, -0.1) is 0 Å². The fourth-order valence-electron chi connectivity index (χ4n) is 3.30. The molecule has 0 bridgehead atoms. The Morgan fingerprint density at radius 1 is 1.22 bits per heavy atom. The minimum atomic E-state index is -0.358. The number of carbonyl (C=O) groups excluding carboxylic acids is 2. The van der Waals surface area contributed by atoms with Crippen LogP contribution in [0.3, 0.4) is 0 Å². The Morgan fingerprint density at radius 3 is 2.39 bits per heavy atom. The molecule has 6 heteroatoms. The molecule has 2 N–H and O–H groups in total. The highest BCUT2D eigenvalue weighted by molar-refractivity contribution is 6.06. The highest BCUT2D eigenvalue weighted by Crippen LogP contribution is 2.26. The molecule has 2 saturated heterocycles. The maximum atomic E-state index is 12.3. The molecule has 2 aliphatic heterocycles. The molecule has 0 saturated carbocycles. The maximum absolute atomic E-state index is 12.3. The molecule has 0 aromatic rings. The van der Waals surface area contributed by atoms with E-state index < -0.39 is 0 Å².